The Morgan fingerprint density at radius 3 is 3.25 bits per heavy atom. The molecule has 2 fully saturated rings. The van der Waals surface area contributed by atoms with Gasteiger partial charge in [-0.25, -0.2) is 0 Å². The van der Waals surface area contributed by atoms with Crippen molar-refractivity contribution >= 4 is 5.97 Å². The summed E-state index contributed by atoms with van der Waals surface area (Å²) < 4.78 is 10.7. The van der Waals surface area contributed by atoms with Gasteiger partial charge in [-0.3, -0.25) is 4.79 Å². The summed E-state index contributed by atoms with van der Waals surface area (Å²) in [5, 5.41) is 0. The number of hydrogen-bond donors (Lipinski definition) is 0. The molecule has 3 heteroatoms. The molecule has 0 N–H and O–H groups in total. The monoisotopic (exact) mass is 166 g/mol. The molecule has 3 nitrogen and oxygen atoms in total. The summed E-state index contributed by atoms with van der Waals surface area (Å²) in [6.45, 7) is 2.46. The Bertz CT molecular complexity index is 283. The minimum atomic E-state index is -0.388. The van der Waals surface area contributed by atoms with Crippen LogP contribution in [0.3, 0.4) is 0 Å². The van der Waals surface area contributed by atoms with E-state index in [4.69, 9.17) is 9.47 Å². The van der Waals surface area contributed by atoms with Crippen LogP contribution in [0.1, 0.15) is 6.92 Å². The molecular weight excluding hydrogens is 156 g/mol. The summed E-state index contributed by atoms with van der Waals surface area (Å²) in [4.78, 5) is 11.3. The Morgan fingerprint density at radius 1 is 1.67 bits per heavy atom. The summed E-state index contributed by atoms with van der Waals surface area (Å²) in [5.41, 5.74) is -0.388. The Labute approximate surface area is 70.3 Å². The topological polar surface area (TPSA) is 35.5 Å². The molecule has 3 aliphatic heterocycles. The second-order valence-corrected chi connectivity index (χ2v) is 3.84. The number of cyclic esters (lactones) is 1. The van der Waals surface area contributed by atoms with E-state index in [0.29, 0.717) is 6.61 Å². The molecule has 0 aromatic rings. The van der Waals surface area contributed by atoms with E-state index in [1.165, 1.54) is 0 Å². The summed E-state index contributed by atoms with van der Waals surface area (Å²) >= 11 is 0. The summed E-state index contributed by atoms with van der Waals surface area (Å²) in [6.07, 6.45) is 4.18. The van der Waals surface area contributed by atoms with Gasteiger partial charge in [-0.05, 0) is 6.08 Å². The van der Waals surface area contributed by atoms with Crippen LogP contribution in [0.25, 0.3) is 0 Å². The van der Waals surface area contributed by atoms with Gasteiger partial charge in [0.05, 0.1) is 12.0 Å². The third-order valence-corrected chi connectivity index (χ3v) is 3.19. The fraction of sp³-hybridized carbons (Fsp3) is 0.667. The molecule has 3 rings (SSSR count). The normalized spacial score (nSPS) is 54.4. The van der Waals surface area contributed by atoms with Gasteiger partial charge in [-0.15, -0.1) is 0 Å². The van der Waals surface area contributed by atoms with E-state index >= 15 is 0 Å². The summed E-state index contributed by atoms with van der Waals surface area (Å²) in [5.74, 6) is 0.145. The predicted molar refractivity (Wildman–Crippen MR) is 40.4 cm³/mol. The van der Waals surface area contributed by atoms with Gasteiger partial charge < -0.3 is 9.47 Å². The molecule has 0 aromatic heterocycles. The molecule has 2 unspecified atom stereocenters. The number of carbonyl (C=O) groups excluding carboxylic acids is 1. The highest BCUT2D eigenvalue weighted by atomic mass is 16.6. The van der Waals surface area contributed by atoms with Crippen LogP contribution in [-0.2, 0) is 14.3 Å². The summed E-state index contributed by atoms with van der Waals surface area (Å²) in [7, 11) is 0. The first-order valence-corrected chi connectivity index (χ1v) is 4.27. The Morgan fingerprint density at radius 2 is 2.50 bits per heavy atom. The average Bonchev–Trinajstić information content (AvgIpc) is 2.65. The minimum Gasteiger partial charge on any atom is -0.462 e. The van der Waals surface area contributed by atoms with Gasteiger partial charge in [0.2, 0.25) is 0 Å². The van der Waals surface area contributed by atoms with Gasteiger partial charge in [0.1, 0.15) is 12.2 Å². The van der Waals surface area contributed by atoms with Crippen LogP contribution >= 0.6 is 0 Å². The van der Waals surface area contributed by atoms with Crippen molar-refractivity contribution in [3.8, 4) is 0 Å². The van der Waals surface area contributed by atoms with Crippen molar-refractivity contribution in [2.24, 2.45) is 11.8 Å². The molecule has 0 saturated carbocycles. The van der Waals surface area contributed by atoms with Gasteiger partial charge in [0.15, 0.2) is 0 Å². The van der Waals surface area contributed by atoms with Gasteiger partial charge in [0, 0.05) is 5.92 Å². The Hall–Kier alpha value is -0.830. The molecule has 2 saturated heterocycles. The summed E-state index contributed by atoms with van der Waals surface area (Å²) in [6, 6.07) is 0. The molecule has 64 valence electrons. The number of fused-ring (bicyclic) bond motifs is 1. The number of esters is 1. The van der Waals surface area contributed by atoms with E-state index in [1.54, 1.807) is 0 Å². The van der Waals surface area contributed by atoms with Crippen molar-refractivity contribution in [1.29, 1.82) is 0 Å². The van der Waals surface area contributed by atoms with E-state index in [0.717, 1.165) is 0 Å². The van der Waals surface area contributed by atoms with Crippen LogP contribution in [0, 0.1) is 11.8 Å². The predicted octanol–water partition coefficient (Wildman–Crippen LogP) is 0.503. The zero-order chi connectivity index (χ0) is 8.34. The fourth-order valence-corrected chi connectivity index (χ4v) is 2.54. The molecular formula is C9H10O3. The smallest absolute Gasteiger partial charge is 0.312 e. The Kier molecular flexibility index (Phi) is 0.966. The molecule has 12 heavy (non-hydrogen) atoms. The number of carbonyl (C=O) groups is 1. The van der Waals surface area contributed by atoms with Crippen molar-refractivity contribution in [2.75, 3.05) is 6.61 Å². The van der Waals surface area contributed by atoms with E-state index < -0.39 is 0 Å². The third-order valence-electron chi connectivity index (χ3n) is 3.19. The number of rotatable bonds is 0. The lowest BCUT2D eigenvalue weighted by atomic mass is 9.78. The maximum absolute atomic E-state index is 11.3. The van der Waals surface area contributed by atoms with Crippen LogP contribution in [0.4, 0.5) is 0 Å². The molecule has 3 aliphatic rings. The molecule has 0 radical (unpaired) electrons. The van der Waals surface area contributed by atoms with Gasteiger partial charge in [0.25, 0.3) is 0 Å². The average molecular weight is 166 g/mol. The molecule has 0 amide bonds. The Balaban J connectivity index is 2.11. The highest BCUT2D eigenvalue weighted by Crippen LogP contribution is 2.50. The minimum absolute atomic E-state index is 0.0486. The van der Waals surface area contributed by atoms with Crippen molar-refractivity contribution in [2.45, 2.75) is 18.6 Å². The SMILES string of the molecule is CC1C2C(=O)OC[C@]23C=C[C@H]1O3. The highest BCUT2D eigenvalue weighted by Gasteiger charge is 2.62. The largest absolute Gasteiger partial charge is 0.462 e. The van der Waals surface area contributed by atoms with E-state index in [2.05, 4.69) is 0 Å². The van der Waals surface area contributed by atoms with Gasteiger partial charge in [-0.1, -0.05) is 13.0 Å². The first kappa shape index (κ1) is 6.66. The highest BCUT2D eigenvalue weighted by molar-refractivity contribution is 5.78. The van der Waals surface area contributed by atoms with Crippen LogP contribution in [0.15, 0.2) is 12.2 Å². The molecule has 3 heterocycles. The van der Waals surface area contributed by atoms with E-state index in [1.807, 2.05) is 19.1 Å². The van der Waals surface area contributed by atoms with Crippen LogP contribution < -0.4 is 0 Å². The zero-order valence-corrected chi connectivity index (χ0v) is 6.82. The van der Waals surface area contributed by atoms with Crippen LogP contribution in [0.5, 0.6) is 0 Å². The lowest BCUT2D eigenvalue weighted by molar-refractivity contribution is -0.142. The lowest BCUT2D eigenvalue weighted by Crippen LogP contribution is -2.34. The van der Waals surface area contributed by atoms with Gasteiger partial charge in [-0.2, -0.15) is 0 Å². The fourth-order valence-electron chi connectivity index (χ4n) is 2.54. The van der Waals surface area contributed by atoms with Crippen molar-refractivity contribution in [1.82, 2.24) is 0 Å². The molecule has 1 spiro atoms. The molecule has 4 atom stereocenters. The number of hydrogen-bond acceptors (Lipinski definition) is 3. The van der Waals surface area contributed by atoms with E-state index in [9.17, 15) is 4.79 Å². The maximum atomic E-state index is 11.3. The first-order chi connectivity index (χ1) is 5.73. The first-order valence-electron chi connectivity index (χ1n) is 4.27. The van der Waals surface area contributed by atoms with Gasteiger partial charge >= 0.3 is 5.97 Å². The van der Waals surface area contributed by atoms with Crippen molar-refractivity contribution < 1.29 is 14.3 Å². The zero-order valence-electron chi connectivity index (χ0n) is 6.82. The molecule has 0 aromatic carbocycles. The quantitative estimate of drug-likeness (QED) is 0.388. The third kappa shape index (κ3) is 0.524. The van der Waals surface area contributed by atoms with Crippen LogP contribution in [0.2, 0.25) is 0 Å². The van der Waals surface area contributed by atoms with E-state index in [-0.39, 0.29) is 29.5 Å². The second kappa shape index (κ2) is 1.74. The standard InChI is InChI=1S/C9H10O3/c1-5-6-2-3-9(12-6)4-11-8(10)7(5)9/h2-3,5-7H,4H2,1H3/t5?,6-,7?,9-/m1/s1. The maximum Gasteiger partial charge on any atom is 0.312 e. The molecule has 0 aliphatic carbocycles. The number of ether oxygens (including phenoxy) is 2. The van der Waals surface area contributed by atoms with Crippen molar-refractivity contribution in [3.63, 3.8) is 0 Å². The molecule has 2 bridgehead atoms. The second-order valence-electron chi connectivity index (χ2n) is 3.84. The lowest BCUT2D eigenvalue weighted by Gasteiger charge is -2.19. The van der Waals surface area contributed by atoms with Crippen molar-refractivity contribution in [3.05, 3.63) is 12.2 Å². The van der Waals surface area contributed by atoms with Crippen LogP contribution in [-0.4, -0.2) is 24.3 Å².